The second kappa shape index (κ2) is 8.18. The third kappa shape index (κ3) is 3.11. The van der Waals surface area contributed by atoms with Gasteiger partial charge in [-0.05, 0) is 46.6 Å². The van der Waals surface area contributed by atoms with E-state index in [-0.39, 0.29) is 45.1 Å². The molecule has 0 N–H and O–H groups in total. The Bertz CT molecular complexity index is 1880. The highest BCUT2D eigenvalue weighted by Crippen LogP contribution is 2.65. The van der Waals surface area contributed by atoms with Gasteiger partial charge in [0.05, 0.1) is 11.1 Å². The number of allylic oxidation sites excluding steroid dienone is 4. The summed E-state index contributed by atoms with van der Waals surface area (Å²) in [5.41, 5.74) is 6.71. The molecule has 0 saturated heterocycles. The molecule has 2 aromatic carbocycles. The summed E-state index contributed by atoms with van der Waals surface area (Å²) in [6, 6.07) is 18.3. The SMILES string of the molecule is CC1(C)C2=C(c3sc(C=C4C(=O)c5ccccc5C4=O)cc31)C(C)(C)c1cc(C=C3C(=O)c4ccccc4C3=O)sc12. The van der Waals surface area contributed by atoms with Crippen LogP contribution in [0, 0.1) is 0 Å². The first kappa shape index (κ1) is 25.5. The number of thiophene rings is 2. The van der Waals surface area contributed by atoms with E-state index in [0.29, 0.717) is 22.3 Å². The smallest absolute Gasteiger partial charge is 0.197 e. The van der Waals surface area contributed by atoms with Gasteiger partial charge in [-0.2, -0.15) is 0 Å². The fourth-order valence-corrected chi connectivity index (χ4v) is 9.99. The highest BCUT2D eigenvalue weighted by Gasteiger charge is 2.52. The maximum Gasteiger partial charge on any atom is 0.197 e. The normalized spacial score (nSPS) is 18.9. The van der Waals surface area contributed by atoms with Crippen molar-refractivity contribution in [1.29, 1.82) is 0 Å². The summed E-state index contributed by atoms with van der Waals surface area (Å²) < 4.78 is 0. The zero-order valence-electron chi connectivity index (χ0n) is 23.4. The van der Waals surface area contributed by atoms with Gasteiger partial charge in [0.15, 0.2) is 23.1 Å². The van der Waals surface area contributed by atoms with E-state index in [4.69, 9.17) is 0 Å². The number of carbonyl (C=O) groups is 4. The van der Waals surface area contributed by atoms with Crippen molar-refractivity contribution >= 4 is 69.1 Å². The lowest BCUT2D eigenvalue weighted by Gasteiger charge is -2.23. The number of fused-ring (bicyclic) bond motifs is 6. The monoisotopic (exact) mass is 584 g/mol. The average Bonchev–Trinajstić information content (AvgIpc) is 3.76. The molecular formula is C36H24O4S2. The van der Waals surface area contributed by atoms with Gasteiger partial charge in [-0.3, -0.25) is 19.2 Å². The molecule has 0 spiro atoms. The molecule has 4 aromatic rings. The van der Waals surface area contributed by atoms with Crippen molar-refractivity contribution in [2.75, 3.05) is 0 Å². The van der Waals surface area contributed by atoms with Gasteiger partial charge in [-0.15, -0.1) is 22.7 Å². The van der Waals surface area contributed by atoms with Crippen molar-refractivity contribution in [2.24, 2.45) is 0 Å². The minimum atomic E-state index is -0.294. The molecule has 4 nitrogen and oxygen atoms in total. The van der Waals surface area contributed by atoms with Crippen LogP contribution in [0.5, 0.6) is 0 Å². The highest BCUT2D eigenvalue weighted by molar-refractivity contribution is 7.16. The minimum Gasteiger partial charge on any atom is -0.288 e. The number of ketones is 4. The number of rotatable bonds is 2. The van der Waals surface area contributed by atoms with Crippen LogP contribution < -0.4 is 0 Å². The van der Waals surface area contributed by atoms with Crippen LogP contribution in [0.25, 0.3) is 23.3 Å². The topological polar surface area (TPSA) is 68.3 Å². The van der Waals surface area contributed by atoms with Crippen LogP contribution in [0.2, 0.25) is 0 Å². The van der Waals surface area contributed by atoms with Crippen molar-refractivity contribution in [3.05, 3.63) is 125 Å². The van der Waals surface area contributed by atoms with Crippen LogP contribution in [0.3, 0.4) is 0 Å². The first-order valence-electron chi connectivity index (χ1n) is 13.8. The van der Waals surface area contributed by atoms with Gasteiger partial charge in [-0.1, -0.05) is 76.2 Å². The Morgan fingerprint density at radius 2 is 0.833 bits per heavy atom. The lowest BCUT2D eigenvalue weighted by atomic mass is 9.80. The molecule has 2 heterocycles. The Labute approximate surface area is 250 Å². The number of hydrogen-bond donors (Lipinski definition) is 0. The second-order valence-corrected chi connectivity index (χ2v) is 14.5. The molecule has 0 amide bonds. The van der Waals surface area contributed by atoms with Gasteiger partial charge < -0.3 is 0 Å². The molecule has 8 rings (SSSR count). The Morgan fingerprint density at radius 3 is 1.14 bits per heavy atom. The maximum atomic E-state index is 13.0. The molecule has 6 heteroatoms. The van der Waals surface area contributed by atoms with Crippen molar-refractivity contribution in [3.8, 4) is 0 Å². The molecule has 0 unspecified atom stereocenters. The quantitative estimate of drug-likeness (QED) is 0.176. The van der Waals surface area contributed by atoms with E-state index in [9.17, 15) is 19.2 Å². The summed E-state index contributed by atoms with van der Waals surface area (Å²) in [5, 5.41) is 0. The van der Waals surface area contributed by atoms with Gasteiger partial charge in [-0.25, -0.2) is 0 Å². The average molecular weight is 585 g/mol. The van der Waals surface area contributed by atoms with Gasteiger partial charge in [0.2, 0.25) is 0 Å². The molecule has 42 heavy (non-hydrogen) atoms. The number of hydrogen-bond acceptors (Lipinski definition) is 6. The predicted octanol–water partition coefficient (Wildman–Crippen LogP) is 8.23. The lowest BCUT2D eigenvalue weighted by Crippen LogP contribution is -2.16. The Kier molecular flexibility index (Phi) is 4.96. The maximum absolute atomic E-state index is 13.0. The van der Waals surface area contributed by atoms with Crippen LogP contribution in [0.1, 0.15) is 99.8 Å². The fourth-order valence-electron chi connectivity index (χ4n) is 7.04. The van der Waals surface area contributed by atoms with Crippen LogP contribution in [-0.2, 0) is 10.8 Å². The molecule has 4 aliphatic rings. The first-order chi connectivity index (χ1) is 20.0. The van der Waals surface area contributed by atoms with E-state index in [1.165, 1.54) is 32.0 Å². The summed E-state index contributed by atoms with van der Waals surface area (Å²) >= 11 is 3.27. The van der Waals surface area contributed by atoms with E-state index in [0.717, 1.165) is 9.75 Å². The van der Waals surface area contributed by atoms with Crippen molar-refractivity contribution in [2.45, 2.75) is 38.5 Å². The summed E-state index contributed by atoms with van der Waals surface area (Å²) in [6.07, 6.45) is 3.53. The van der Waals surface area contributed by atoms with Gasteiger partial charge in [0.25, 0.3) is 0 Å². The molecule has 0 atom stereocenters. The molecule has 0 radical (unpaired) electrons. The summed E-state index contributed by atoms with van der Waals surface area (Å²) in [7, 11) is 0. The second-order valence-electron chi connectivity index (χ2n) is 12.3. The van der Waals surface area contributed by atoms with Gasteiger partial charge >= 0.3 is 0 Å². The van der Waals surface area contributed by atoms with Crippen LogP contribution in [0.4, 0.5) is 0 Å². The third-order valence-electron chi connectivity index (χ3n) is 9.19. The van der Waals surface area contributed by atoms with Crippen molar-refractivity contribution in [1.82, 2.24) is 0 Å². The Morgan fingerprint density at radius 1 is 0.524 bits per heavy atom. The Balaban J connectivity index is 1.20. The molecule has 0 aliphatic heterocycles. The van der Waals surface area contributed by atoms with E-state index in [2.05, 4.69) is 39.8 Å². The van der Waals surface area contributed by atoms with Gasteiger partial charge in [0.1, 0.15) is 0 Å². The summed E-state index contributed by atoms with van der Waals surface area (Å²) in [4.78, 5) is 56.3. The molecule has 0 bridgehead atoms. The van der Waals surface area contributed by atoms with Crippen molar-refractivity contribution in [3.63, 3.8) is 0 Å². The van der Waals surface area contributed by atoms with Crippen LogP contribution >= 0.6 is 22.7 Å². The van der Waals surface area contributed by atoms with E-state index < -0.39 is 0 Å². The third-order valence-corrected chi connectivity index (χ3v) is 11.4. The van der Waals surface area contributed by atoms with Crippen LogP contribution in [-0.4, -0.2) is 23.1 Å². The first-order valence-corrected chi connectivity index (χ1v) is 15.5. The molecule has 4 aliphatic carbocycles. The molecule has 0 saturated carbocycles. The zero-order valence-corrected chi connectivity index (χ0v) is 25.0. The zero-order chi connectivity index (χ0) is 29.3. The Hall–Kier alpha value is -4.26. The number of benzene rings is 2. The van der Waals surface area contributed by atoms with Crippen molar-refractivity contribution < 1.29 is 19.2 Å². The molecule has 204 valence electrons. The lowest BCUT2D eigenvalue weighted by molar-refractivity contribution is 0.0975. The minimum absolute atomic E-state index is 0.212. The van der Waals surface area contributed by atoms with E-state index in [1.54, 1.807) is 83.4 Å². The predicted molar refractivity (Wildman–Crippen MR) is 168 cm³/mol. The van der Waals surface area contributed by atoms with E-state index in [1.807, 2.05) is 0 Å². The van der Waals surface area contributed by atoms with E-state index >= 15 is 0 Å². The number of carbonyl (C=O) groups excluding carboxylic acids is 4. The summed E-state index contributed by atoms with van der Waals surface area (Å²) in [5.74, 6) is -0.849. The molecule has 0 fully saturated rings. The largest absolute Gasteiger partial charge is 0.288 e. The standard InChI is InChI=1S/C36H24O4S2/c1-35(2)25-15-17(13-23-29(37)19-9-5-6-10-20(19)30(23)38)41-33(25)28-27(35)34-26(36(28,3)4)16-18(42-34)14-24-31(39)21-11-7-8-12-22(21)32(24)40/h5-16H,1-4H3. The van der Waals surface area contributed by atoms with Crippen LogP contribution in [0.15, 0.2) is 71.8 Å². The fraction of sp³-hybridized carbons (Fsp3) is 0.167. The molecule has 2 aromatic heterocycles. The summed E-state index contributed by atoms with van der Waals surface area (Å²) in [6.45, 7) is 8.90. The molecular weight excluding hydrogens is 561 g/mol. The number of Topliss-reactive ketones (excluding diaryl/α,β-unsaturated/α-hetero) is 4. The highest BCUT2D eigenvalue weighted by atomic mass is 32.1. The van der Waals surface area contributed by atoms with Gasteiger partial charge in [0, 0.05) is 52.6 Å².